The third-order valence-corrected chi connectivity index (χ3v) is 8.11. The van der Waals surface area contributed by atoms with E-state index in [2.05, 4.69) is 13.8 Å². The topological polar surface area (TPSA) is 103 Å². The highest BCUT2D eigenvalue weighted by Gasteiger charge is 2.47. The third-order valence-electron chi connectivity index (χ3n) is 8.11. The number of amides is 3. The van der Waals surface area contributed by atoms with Gasteiger partial charge in [0.05, 0.1) is 12.5 Å². The van der Waals surface area contributed by atoms with Gasteiger partial charge in [0.25, 0.3) is 0 Å². The Bertz CT molecular complexity index is 996. The van der Waals surface area contributed by atoms with Crippen LogP contribution in [-0.2, 0) is 9.59 Å². The zero-order valence-corrected chi connectivity index (χ0v) is 22.9. The molecule has 38 heavy (non-hydrogen) atoms. The van der Waals surface area contributed by atoms with Gasteiger partial charge in [0, 0.05) is 58.3 Å². The van der Waals surface area contributed by atoms with Gasteiger partial charge in [-0.1, -0.05) is 32.8 Å². The average molecular weight is 531 g/mol. The van der Waals surface area contributed by atoms with E-state index in [1.54, 1.807) is 16.8 Å². The molecule has 1 aromatic rings. The van der Waals surface area contributed by atoms with E-state index in [0.29, 0.717) is 44.1 Å². The van der Waals surface area contributed by atoms with Crippen molar-refractivity contribution in [1.29, 1.82) is 0 Å². The van der Waals surface area contributed by atoms with Crippen molar-refractivity contribution < 1.29 is 29.0 Å². The second-order valence-corrected chi connectivity index (χ2v) is 10.6. The van der Waals surface area contributed by atoms with E-state index in [1.165, 1.54) is 0 Å². The quantitative estimate of drug-likeness (QED) is 0.418. The van der Waals surface area contributed by atoms with Gasteiger partial charge in [0.15, 0.2) is 11.5 Å². The molecule has 0 bridgehead atoms. The lowest BCUT2D eigenvalue weighted by Crippen LogP contribution is -2.46. The van der Waals surface area contributed by atoms with Gasteiger partial charge >= 0.3 is 12.0 Å². The second-order valence-electron chi connectivity index (χ2n) is 10.6. The van der Waals surface area contributed by atoms with E-state index in [-0.39, 0.29) is 37.2 Å². The molecule has 0 spiro atoms. The number of likely N-dealkylation sites (N-methyl/N-ethyl adjacent to an activating group) is 1. The van der Waals surface area contributed by atoms with Gasteiger partial charge in [-0.25, -0.2) is 4.79 Å². The van der Waals surface area contributed by atoms with Crippen LogP contribution < -0.4 is 9.47 Å². The third kappa shape index (κ3) is 6.17. The van der Waals surface area contributed by atoms with E-state index in [0.717, 1.165) is 44.3 Å². The standard InChI is InChI=1S/C28H42N4O6/c1-4-6-11-30(12-7-5-2)25(33)18-32-17-21(20-8-9-23-24(16-20)38-19-37-23)26(27(34)35)22(32)10-13-31-15-14-29(3)28(31)36/h8-9,16,21-22,26H,4-7,10-15,17-19H2,1-3H3,(H,34,35). The number of hydrogen-bond donors (Lipinski definition) is 1. The van der Waals surface area contributed by atoms with Crippen molar-refractivity contribution in [3.05, 3.63) is 23.8 Å². The highest BCUT2D eigenvalue weighted by Crippen LogP contribution is 2.42. The molecule has 3 aliphatic rings. The van der Waals surface area contributed by atoms with Crippen LogP contribution in [0.25, 0.3) is 0 Å². The van der Waals surface area contributed by atoms with Crippen LogP contribution in [0.4, 0.5) is 4.79 Å². The van der Waals surface area contributed by atoms with Crippen molar-refractivity contribution in [2.75, 3.05) is 59.7 Å². The number of carboxylic acid groups (broad SMARTS) is 1. The molecule has 3 amide bonds. The Morgan fingerprint density at radius 2 is 1.79 bits per heavy atom. The fraction of sp³-hybridized carbons (Fsp3) is 0.679. The van der Waals surface area contributed by atoms with Crippen molar-refractivity contribution in [3.8, 4) is 11.5 Å². The number of urea groups is 1. The van der Waals surface area contributed by atoms with Gasteiger partial charge in [-0.05, 0) is 37.0 Å². The van der Waals surface area contributed by atoms with Crippen molar-refractivity contribution in [1.82, 2.24) is 19.6 Å². The van der Waals surface area contributed by atoms with Crippen LogP contribution in [0, 0.1) is 5.92 Å². The van der Waals surface area contributed by atoms with Gasteiger partial charge in [0.2, 0.25) is 12.7 Å². The van der Waals surface area contributed by atoms with Crippen molar-refractivity contribution in [3.63, 3.8) is 0 Å². The van der Waals surface area contributed by atoms with Crippen LogP contribution >= 0.6 is 0 Å². The summed E-state index contributed by atoms with van der Waals surface area (Å²) in [5, 5.41) is 10.4. The average Bonchev–Trinajstić information content (AvgIpc) is 3.60. The lowest BCUT2D eigenvalue weighted by molar-refractivity contribution is -0.144. The molecule has 0 radical (unpaired) electrons. The highest BCUT2D eigenvalue weighted by atomic mass is 16.7. The summed E-state index contributed by atoms with van der Waals surface area (Å²) >= 11 is 0. The number of fused-ring (bicyclic) bond motifs is 1. The van der Waals surface area contributed by atoms with Gasteiger partial charge in [-0.2, -0.15) is 0 Å². The molecule has 3 aliphatic heterocycles. The minimum absolute atomic E-state index is 0.0323. The van der Waals surface area contributed by atoms with E-state index < -0.39 is 11.9 Å². The molecule has 2 fully saturated rings. The van der Waals surface area contributed by atoms with Gasteiger partial charge < -0.3 is 29.3 Å². The molecule has 10 nitrogen and oxygen atoms in total. The molecule has 0 saturated carbocycles. The Hall–Kier alpha value is -3.01. The summed E-state index contributed by atoms with van der Waals surface area (Å²) < 4.78 is 11.0. The summed E-state index contributed by atoms with van der Waals surface area (Å²) in [4.78, 5) is 46.2. The summed E-state index contributed by atoms with van der Waals surface area (Å²) in [6.45, 7) is 8.21. The molecular formula is C28H42N4O6. The largest absolute Gasteiger partial charge is 0.481 e. The van der Waals surface area contributed by atoms with Gasteiger partial charge in [-0.3, -0.25) is 14.5 Å². The minimum atomic E-state index is -0.883. The van der Waals surface area contributed by atoms with E-state index in [4.69, 9.17) is 9.47 Å². The van der Waals surface area contributed by atoms with Crippen molar-refractivity contribution in [2.24, 2.45) is 5.92 Å². The molecule has 3 heterocycles. The Labute approximate surface area is 225 Å². The summed E-state index contributed by atoms with van der Waals surface area (Å²) in [5.41, 5.74) is 0.868. The SMILES string of the molecule is CCCCN(CCCC)C(=O)CN1CC(c2ccc3c(c2)OCO3)C(C(=O)O)C1CCN1CCN(C)C1=O. The summed E-state index contributed by atoms with van der Waals surface area (Å²) in [7, 11) is 1.78. The van der Waals surface area contributed by atoms with Crippen LogP contribution in [0.15, 0.2) is 18.2 Å². The predicted molar refractivity (Wildman–Crippen MR) is 142 cm³/mol. The predicted octanol–water partition coefficient (Wildman–Crippen LogP) is 3.07. The smallest absolute Gasteiger partial charge is 0.319 e. The molecule has 1 N–H and O–H groups in total. The second kappa shape index (κ2) is 12.7. The van der Waals surface area contributed by atoms with E-state index in [1.807, 2.05) is 28.0 Å². The van der Waals surface area contributed by atoms with Gasteiger partial charge in [-0.15, -0.1) is 0 Å². The summed E-state index contributed by atoms with van der Waals surface area (Å²) in [6, 6.07) is 5.21. The lowest BCUT2D eigenvalue weighted by atomic mass is 9.84. The van der Waals surface area contributed by atoms with Crippen molar-refractivity contribution in [2.45, 2.75) is 57.9 Å². The maximum absolute atomic E-state index is 13.5. The number of unbranched alkanes of at least 4 members (excludes halogenated alkanes) is 2. The minimum Gasteiger partial charge on any atom is -0.481 e. The van der Waals surface area contributed by atoms with Crippen LogP contribution in [0.5, 0.6) is 11.5 Å². The Balaban J connectivity index is 1.57. The molecule has 1 aromatic carbocycles. The number of hydrogen-bond acceptors (Lipinski definition) is 6. The first-order valence-corrected chi connectivity index (χ1v) is 14.0. The number of carbonyl (C=O) groups is 3. The Kier molecular flexibility index (Phi) is 9.35. The van der Waals surface area contributed by atoms with E-state index >= 15 is 0 Å². The lowest BCUT2D eigenvalue weighted by Gasteiger charge is -2.30. The molecule has 210 valence electrons. The van der Waals surface area contributed by atoms with Crippen LogP contribution in [-0.4, -0.2) is 108 Å². The number of benzene rings is 1. The van der Waals surface area contributed by atoms with Gasteiger partial charge in [0.1, 0.15) is 0 Å². The molecule has 2 saturated heterocycles. The van der Waals surface area contributed by atoms with E-state index in [9.17, 15) is 19.5 Å². The first-order valence-electron chi connectivity index (χ1n) is 14.0. The summed E-state index contributed by atoms with van der Waals surface area (Å²) in [5.74, 6) is -0.583. The first-order chi connectivity index (χ1) is 18.3. The fourth-order valence-electron chi connectivity index (χ4n) is 5.87. The highest BCUT2D eigenvalue weighted by molar-refractivity contribution is 5.79. The molecular weight excluding hydrogens is 488 g/mol. The number of carbonyl (C=O) groups excluding carboxylic acids is 2. The Morgan fingerprint density at radius 1 is 1.08 bits per heavy atom. The van der Waals surface area contributed by atoms with Crippen molar-refractivity contribution >= 4 is 17.9 Å². The monoisotopic (exact) mass is 530 g/mol. The number of rotatable bonds is 13. The maximum Gasteiger partial charge on any atom is 0.319 e. The zero-order chi connectivity index (χ0) is 27.2. The molecule has 4 rings (SSSR count). The first kappa shape index (κ1) is 28.0. The van der Waals surface area contributed by atoms with Crippen LogP contribution in [0.1, 0.15) is 57.4 Å². The number of carboxylic acids is 1. The zero-order valence-electron chi connectivity index (χ0n) is 22.9. The molecule has 0 aromatic heterocycles. The molecule has 10 heteroatoms. The normalized spacial score (nSPS) is 22.9. The molecule has 3 atom stereocenters. The Morgan fingerprint density at radius 3 is 2.42 bits per heavy atom. The molecule has 3 unspecified atom stereocenters. The van der Waals surface area contributed by atoms with Crippen LogP contribution in [0.3, 0.4) is 0 Å². The number of likely N-dealkylation sites (tertiary alicyclic amines) is 1. The summed E-state index contributed by atoms with van der Waals surface area (Å²) in [6.07, 6.45) is 4.40. The number of ether oxygens (including phenoxy) is 2. The fourth-order valence-corrected chi connectivity index (χ4v) is 5.87. The van der Waals surface area contributed by atoms with Crippen LogP contribution in [0.2, 0.25) is 0 Å². The molecule has 0 aliphatic carbocycles. The number of aliphatic carboxylic acids is 1. The number of nitrogens with zero attached hydrogens (tertiary/aromatic N) is 4. The maximum atomic E-state index is 13.5.